The fourth-order valence-electron chi connectivity index (χ4n) is 2.34. The molecule has 0 aromatic heterocycles. The Morgan fingerprint density at radius 2 is 1.41 bits per heavy atom. The van der Waals surface area contributed by atoms with Crippen molar-refractivity contribution in [1.82, 2.24) is 0 Å². The molecule has 0 aliphatic carbocycles. The quantitative estimate of drug-likeness (QED) is 0.532. The van der Waals surface area contributed by atoms with Crippen LogP contribution in [0.4, 0.5) is 0 Å². The summed E-state index contributed by atoms with van der Waals surface area (Å²) in [5.74, 6) is -0.0500. The van der Waals surface area contributed by atoms with Gasteiger partial charge in [0.1, 0.15) is 5.78 Å². The normalized spacial score (nSPS) is 10.5. The zero-order valence-corrected chi connectivity index (χ0v) is 13.3. The molecule has 114 valence electrons. The van der Waals surface area contributed by atoms with Gasteiger partial charge in [0.05, 0.1) is 6.42 Å². The lowest BCUT2D eigenvalue weighted by molar-refractivity contribution is -0.118. The molecule has 0 radical (unpaired) electrons. The maximum Gasteiger partial charge on any atom is 0.170 e. The van der Waals surface area contributed by atoms with Crippen LogP contribution >= 0.6 is 0 Å². The monoisotopic (exact) mass is 294 g/mol. The number of ketones is 2. The highest BCUT2D eigenvalue weighted by atomic mass is 16.1. The van der Waals surface area contributed by atoms with Gasteiger partial charge >= 0.3 is 0 Å². The number of carbonyl (C=O) groups excluding carboxylic acids is 2. The first kappa shape index (κ1) is 16.2. The number of benzene rings is 2. The Bertz CT molecular complexity index is 636. The molecule has 0 unspecified atom stereocenters. The molecule has 0 heterocycles. The smallest absolute Gasteiger partial charge is 0.170 e. The van der Waals surface area contributed by atoms with Crippen molar-refractivity contribution in [2.24, 2.45) is 0 Å². The van der Waals surface area contributed by atoms with E-state index in [0.717, 1.165) is 24.0 Å². The van der Waals surface area contributed by atoms with Crippen LogP contribution in [0.3, 0.4) is 0 Å². The molecule has 0 aliphatic heterocycles. The topological polar surface area (TPSA) is 34.1 Å². The molecule has 0 fully saturated rings. The van der Waals surface area contributed by atoms with Crippen molar-refractivity contribution in [1.29, 1.82) is 0 Å². The third-order valence-electron chi connectivity index (χ3n) is 3.76. The average Bonchev–Trinajstić information content (AvgIpc) is 2.54. The molecule has 0 aliphatic rings. The average molecular weight is 294 g/mol. The van der Waals surface area contributed by atoms with E-state index in [1.165, 1.54) is 5.56 Å². The van der Waals surface area contributed by atoms with Crippen LogP contribution in [0.2, 0.25) is 0 Å². The van der Waals surface area contributed by atoms with E-state index in [1.54, 1.807) is 0 Å². The van der Waals surface area contributed by atoms with Crippen molar-refractivity contribution >= 4 is 11.6 Å². The lowest BCUT2D eigenvalue weighted by Crippen LogP contribution is -2.07. The Hall–Kier alpha value is -2.22. The first-order valence-electron chi connectivity index (χ1n) is 7.82. The zero-order valence-electron chi connectivity index (χ0n) is 13.3. The summed E-state index contributed by atoms with van der Waals surface area (Å²) in [7, 11) is 0. The van der Waals surface area contributed by atoms with Crippen LogP contribution < -0.4 is 0 Å². The van der Waals surface area contributed by atoms with Gasteiger partial charge in [0, 0.05) is 12.0 Å². The summed E-state index contributed by atoms with van der Waals surface area (Å²) in [4.78, 5) is 23.8. The number of rotatable bonds is 7. The Balaban J connectivity index is 2.03. The van der Waals surface area contributed by atoms with Crippen molar-refractivity contribution in [3.05, 3.63) is 59.7 Å². The second-order valence-corrected chi connectivity index (χ2v) is 5.69. The van der Waals surface area contributed by atoms with Crippen LogP contribution in [0.5, 0.6) is 0 Å². The molecule has 0 N–H and O–H groups in total. The van der Waals surface area contributed by atoms with Gasteiger partial charge in [-0.25, -0.2) is 0 Å². The number of unbranched alkanes of at least 4 members (excludes halogenated alkanes) is 1. The van der Waals surface area contributed by atoms with Gasteiger partial charge in [-0.1, -0.05) is 67.4 Å². The molecule has 2 aromatic carbocycles. The summed E-state index contributed by atoms with van der Waals surface area (Å²) in [5.41, 5.74) is 4.04. The lowest BCUT2D eigenvalue weighted by atomic mass is 9.99. The second kappa shape index (κ2) is 7.69. The molecule has 2 nitrogen and oxygen atoms in total. The first-order valence-corrected chi connectivity index (χ1v) is 7.82. The molecular weight excluding hydrogens is 272 g/mol. The van der Waals surface area contributed by atoms with Crippen LogP contribution in [-0.4, -0.2) is 11.6 Å². The predicted molar refractivity (Wildman–Crippen MR) is 90.1 cm³/mol. The van der Waals surface area contributed by atoms with E-state index in [-0.39, 0.29) is 18.0 Å². The summed E-state index contributed by atoms with van der Waals surface area (Å²) in [6, 6.07) is 15.8. The summed E-state index contributed by atoms with van der Waals surface area (Å²) in [6.45, 7) is 4.10. The summed E-state index contributed by atoms with van der Waals surface area (Å²) >= 11 is 0. The van der Waals surface area contributed by atoms with Crippen LogP contribution in [0.1, 0.15) is 48.5 Å². The van der Waals surface area contributed by atoms with Gasteiger partial charge in [-0.3, -0.25) is 9.59 Å². The summed E-state index contributed by atoms with van der Waals surface area (Å²) in [5, 5.41) is 0. The molecule has 0 amide bonds. The first-order chi connectivity index (χ1) is 10.6. The van der Waals surface area contributed by atoms with E-state index < -0.39 is 0 Å². The van der Waals surface area contributed by atoms with Crippen LogP contribution in [0.15, 0.2) is 48.5 Å². The van der Waals surface area contributed by atoms with Crippen molar-refractivity contribution in [2.75, 3.05) is 0 Å². The minimum atomic E-state index is -0.0865. The fraction of sp³-hybridized carbons (Fsp3) is 0.300. The third kappa shape index (κ3) is 4.39. The van der Waals surface area contributed by atoms with Gasteiger partial charge in [-0.2, -0.15) is 0 Å². The summed E-state index contributed by atoms with van der Waals surface area (Å²) in [6.07, 6.45) is 2.36. The molecule has 2 aromatic rings. The predicted octanol–water partition coefficient (Wildman–Crippen LogP) is 4.99. The van der Waals surface area contributed by atoms with Crippen molar-refractivity contribution in [3.63, 3.8) is 0 Å². The molecule has 2 heteroatoms. The van der Waals surface area contributed by atoms with Gasteiger partial charge in [-0.15, -0.1) is 0 Å². The van der Waals surface area contributed by atoms with Crippen LogP contribution in [0.25, 0.3) is 11.1 Å². The molecular formula is C20H22O2. The lowest BCUT2D eigenvalue weighted by Gasteiger charge is -2.05. The SMILES string of the molecule is CCCCC(=O)CC(=O)c1ccc(-c2ccc(C)cc2)cc1. The Morgan fingerprint density at radius 3 is 1.95 bits per heavy atom. The highest BCUT2D eigenvalue weighted by Crippen LogP contribution is 2.20. The minimum absolute atomic E-state index is 0.0177. The van der Waals surface area contributed by atoms with Crippen molar-refractivity contribution in [2.45, 2.75) is 39.5 Å². The summed E-state index contributed by atoms with van der Waals surface area (Å²) < 4.78 is 0. The minimum Gasteiger partial charge on any atom is -0.299 e. The van der Waals surface area contributed by atoms with Crippen LogP contribution in [-0.2, 0) is 4.79 Å². The maximum atomic E-state index is 12.1. The highest BCUT2D eigenvalue weighted by molar-refractivity contribution is 6.08. The standard InChI is InChI=1S/C20H22O2/c1-3-4-5-19(21)14-20(22)18-12-10-17(11-13-18)16-8-6-15(2)7-9-16/h6-13H,3-5,14H2,1-2H3. The molecule has 0 bridgehead atoms. The molecule has 2 rings (SSSR count). The number of aryl methyl sites for hydroxylation is 1. The highest BCUT2D eigenvalue weighted by Gasteiger charge is 2.11. The number of hydrogen-bond acceptors (Lipinski definition) is 2. The van der Waals surface area contributed by atoms with E-state index in [0.29, 0.717) is 12.0 Å². The second-order valence-electron chi connectivity index (χ2n) is 5.69. The van der Waals surface area contributed by atoms with Gasteiger partial charge in [0.15, 0.2) is 5.78 Å². The van der Waals surface area contributed by atoms with Crippen molar-refractivity contribution in [3.8, 4) is 11.1 Å². The van der Waals surface area contributed by atoms with Gasteiger partial charge < -0.3 is 0 Å². The Labute approximate surface area is 132 Å². The molecule has 0 saturated carbocycles. The van der Waals surface area contributed by atoms with E-state index in [1.807, 2.05) is 31.2 Å². The maximum absolute atomic E-state index is 12.1. The molecule has 22 heavy (non-hydrogen) atoms. The van der Waals surface area contributed by atoms with Gasteiger partial charge in [0.2, 0.25) is 0 Å². The number of Topliss-reactive ketones (excluding diaryl/α,β-unsaturated/α-hetero) is 2. The number of carbonyl (C=O) groups is 2. The van der Waals surface area contributed by atoms with E-state index in [9.17, 15) is 9.59 Å². The van der Waals surface area contributed by atoms with Gasteiger partial charge in [0.25, 0.3) is 0 Å². The van der Waals surface area contributed by atoms with E-state index in [4.69, 9.17) is 0 Å². The molecule has 0 atom stereocenters. The van der Waals surface area contributed by atoms with Crippen LogP contribution in [0, 0.1) is 6.92 Å². The molecule has 0 saturated heterocycles. The largest absolute Gasteiger partial charge is 0.299 e. The molecule has 0 spiro atoms. The Kier molecular flexibility index (Phi) is 5.65. The van der Waals surface area contributed by atoms with E-state index in [2.05, 4.69) is 31.2 Å². The fourth-order valence-corrected chi connectivity index (χ4v) is 2.34. The zero-order chi connectivity index (χ0) is 15.9. The number of hydrogen-bond donors (Lipinski definition) is 0. The third-order valence-corrected chi connectivity index (χ3v) is 3.76. The van der Waals surface area contributed by atoms with Gasteiger partial charge in [-0.05, 0) is 24.5 Å². The van der Waals surface area contributed by atoms with E-state index >= 15 is 0 Å². The van der Waals surface area contributed by atoms with Crippen molar-refractivity contribution < 1.29 is 9.59 Å². The Morgan fingerprint density at radius 1 is 0.864 bits per heavy atom.